The quantitative estimate of drug-likeness (QED) is 0.733. The molecule has 16 heavy (non-hydrogen) atoms. The van der Waals surface area contributed by atoms with E-state index >= 15 is 0 Å². The van der Waals surface area contributed by atoms with Crippen molar-refractivity contribution < 1.29 is 9.53 Å². The van der Waals surface area contributed by atoms with Crippen LogP contribution in [-0.4, -0.2) is 17.6 Å². The Kier molecular flexibility index (Phi) is 4.47. The molecule has 1 heterocycles. The Morgan fingerprint density at radius 1 is 1.44 bits per heavy atom. The summed E-state index contributed by atoms with van der Waals surface area (Å²) in [5.74, 6) is 0.137. The second-order valence-corrected chi connectivity index (χ2v) is 3.90. The second kappa shape index (κ2) is 5.64. The Hall–Kier alpha value is -1.38. The summed E-state index contributed by atoms with van der Waals surface area (Å²) in [4.78, 5) is 16.0. The molecule has 0 saturated carbocycles. The zero-order valence-corrected chi connectivity index (χ0v) is 10.4. The standard InChI is InChI=1S/C13H19NO2/c1-5-9(3)12-8-7-11(10(4)14-12)13(15)16-6-2/h7-9H,5-6H2,1-4H3. The van der Waals surface area contributed by atoms with Gasteiger partial charge in [0, 0.05) is 5.69 Å². The minimum atomic E-state index is -0.289. The van der Waals surface area contributed by atoms with Crippen LogP contribution in [0.25, 0.3) is 0 Å². The van der Waals surface area contributed by atoms with Crippen LogP contribution in [0.5, 0.6) is 0 Å². The summed E-state index contributed by atoms with van der Waals surface area (Å²) in [5.41, 5.74) is 2.35. The first kappa shape index (κ1) is 12.7. The van der Waals surface area contributed by atoms with Gasteiger partial charge in [-0.2, -0.15) is 0 Å². The van der Waals surface area contributed by atoms with Gasteiger partial charge in [-0.05, 0) is 38.3 Å². The number of esters is 1. The number of rotatable bonds is 4. The third kappa shape index (κ3) is 2.81. The maximum atomic E-state index is 11.6. The van der Waals surface area contributed by atoms with Crippen LogP contribution < -0.4 is 0 Å². The Morgan fingerprint density at radius 2 is 2.12 bits per heavy atom. The molecule has 0 aromatic carbocycles. The van der Waals surface area contributed by atoms with Crippen LogP contribution in [0, 0.1) is 6.92 Å². The average Bonchev–Trinajstić information content (AvgIpc) is 2.28. The van der Waals surface area contributed by atoms with Crippen LogP contribution in [0.4, 0.5) is 0 Å². The molecule has 0 spiro atoms. The van der Waals surface area contributed by atoms with Gasteiger partial charge in [-0.3, -0.25) is 4.98 Å². The van der Waals surface area contributed by atoms with Crippen LogP contribution >= 0.6 is 0 Å². The smallest absolute Gasteiger partial charge is 0.339 e. The normalized spacial score (nSPS) is 12.2. The van der Waals surface area contributed by atoms with E-state index < -0.39 is 0 Å². The highest BCUT2D eigenvalue weighted by molar-refractivity contribution is 5.90. The van der Waals surface area contributed by atoms with Gasteiger partial charge in [0.05, 0.1) is 17.9 Å². The van der Waals surface area contributed by atoms with Gasteiger partial charge < -0.3 is 4.74 Å². The molecular formula is C13H19NO2. The van der Waals surface area contributed by atoms with Gasteiger partial charge in [0.2, 0.25) is 0 Å². The van der Waals surface area contributed by atoms with Crippen LogP contribution in [-0.2, 0) is 4.74 Å². The molecule has 3 nitrogen and oxygen atoms in total. The third-order valence-corrected chi connectivity index (χ3v) is 2.72. The molecule has 0 N–H and O–H groups in total. The predicted molar refractivity (Wildman–Crippen MR) is 63.6 cm³/mol. The van der Waals surface area contributed by atoms with Crippen molar-refractivity contribution >= 4 is 5.97 Å². The van der Waals surface area contributed by atoms with Crippen molar-refractivity contribution in [2.24, 2.45) is 0 Å². The first-order valence-electron chi connectivity index (χ1n) is 5.74. The lowest BCUT2D eigenvalue weighted by molar-refractivity contribution is 0.0525. The van der Waals surface area contributed by atoms with Crippen molar-refractivity contribution in [2.75, 3.05) is 6.61 Å². The van der Waals surface area contributed by atoms with E-state index in [2.05, 4.69) is 18.8 Å². The molecule has 0 aliphatic carbocycles. The molecule has 88 valence electrons. The summed E-state index contributed by atoms with van der Waals surface area (Å²) in [6.07, 6.45) is 1.05. The molecule has 1 atom stereocenters. The van der Waals surface area contributed by atoms with Gasteiger partial charge >= 0.3 is 5.97 Å². The van der Waals surface area contributed by atoms with E-state index in [0.717, 1.165) is 17.8 Å². The number of aryl methyl sites for hydroxylation is 1. The van der Waals surface area contributed by atoms with Gasteiger partial charge in [-0.15, -0.1) is 0 Å². The van der Waals surface area contributed by atoms with Gasteiger partial charge in [0.1, 0.15) is 0 Å². The largest absolute Gasteiger partial charge is 0.462 e. The lowest BCUT2D eigenvalue weighted by Crippen LogP contribution is -2.09. The third-order valence-electron chi connectivity index (χ3n) is 2.72. The lowest BCUT2D eigenvalue weighted by Gasteiger charge is -2.11. The fraction of sp³-hybridized carbons (Fsp3) is 0.538. The van der Waals surface area contributed by atoms with Gasteiger partial charge in [0.25, 0.3) is 0 Å². The van der Waals surface area contributed by atoms with Crippen LogP contribution in [0.3, 0.4) is 0 Å². The summed E-state index contributed by atoms with van der Waals surface area (Å²) in [6, 6.07) is 3.72. The van der Waals surface area contributed by atoms with E-state index in [1.165, 1.54) is 0 Å². The maximum Gasteiger partial charge on any atom is 0.339 e. The minimum absolute atomic E-state index is 0.289. The summed E-state index contributed by atoms with van der Waals surface area (Å²) in [6.45, 7) is 8.30. The number of pyridine rings is 1. The molecule has 0 radical (unpaired) electrons. The number of ether oxygens (including phenoxy) is 1. The van der Waals surface area contributed by atoms with Crippen molar-refractivity contribution in [1.82, 2.24) is 4.98 Å². The van der Waals surface area contributed by atoms with Gasteiger partial charge in [-0.1, -0.05) is 13.8 Å². The summed E-state index contributed by atoms with van der Waals surface area (Å²) >= 11 is 0. The Bertz CT molecular complexity index is 374. The zero-order chi connectivity index (χ0) is 12.1. The van der Waals surface area contributed by atoms with E-state index in [0.29, 0.717) is 18.1 Å². The van der Waals surface area contributed by atoms with Crippen LogP contribution in [0.2, 0.25) is 0 Å². The fourth-order valence-electron chi connectivity index (χ4n) is 1.49. The van der Waals surface area contributed by atoms with Gasteiger partial charge in [0.15, 0.2) is 0 Å². The SMILES string of the molecule is CCOC(=O)c1ccc(C(C)CC)nc1C. The van der Waals surface area contributed by atoms with Gasteiger partial charge in [-0.25, -0.2) is 4.79 Å². The van der Waals surface area contributed by atoms with E-state index in [1.54, 1.807) is 6.92 Å². The number of aromatic nitrogens is 1. The molecular weight excluding hydrogens is 202 g/mol. The van der Waals surface area contributed by atoms with E-state index in [1.807, 2.05) is 19.1 Å². The van der Waals surface area contributed by atoms with Crippen LogP contribution in [0.15, 0.2) is 12.1 Å². The number of carbonyl (C=O) groups is 1. The molecule has 0 amide bonds. The van der Waals surface area contributed by atoms with E-state index in [9.17, 15) is 4.79 Å². The maximum absolute atomic E-state index is 11.6. The molecule has 0 fully saturated rings. The summed E-state index contributed by atoms with van der Waals surface area (Å²) in [5, 5.41) is 0. The number of hydrogen-bond acceptors (Lipinski definition) is 3. The molecule has 0 aliphatic rings. The minimum Gasteiger partial charge on any atom is -0.462 e. The predicted octanol–water partition coefficient (Wildman–Crippen LogP) is 3.08. The molecule has 0 bridgehead atoms. The number of carbonyl (C=O) groups excluding carboxylic acids is 1. The number of hydrogen-bond donors (Lipinski definition) is 0. The lowest BCUT2D eigenvalue weighted by atomic mass is 10.0. The van der Waals surface area contributed by atoms with E-state index in [4.69, 9.17) is 4.74 Å². The molecule has 1 rings (SSSR count). The molecule has 0 saturated heterocycles. The summed E-state index contributed by atoms with van der Waals surface area (Å²) < 4.78 is 4.96. The topological polar surface area (TPSA) is 39.2 Å². The highest BCUT2D eigenvalue weighted by atomic mass is 16.5. The monoisotopic (exact) mass is 221 g/mol. The molecule has 1 unspecified atom stereocenters. The highest BCUT2D eigenvalue weighted by Gasteiger charge is 2.13. The number of nitrogens with zero attached hydrogens (tertiary/aromatic N) is 1. The molecule has 0 aliphatic heterocycles. The van der Waals surface area contributed by atoms with Crippen molar-refractivity contribution in [3.8, 4) is 0 Å². The average molecular weight is 221 g/mol. The molecule has 3 heteroatoms. The summed E-state index contributed by atoms with van der Waals surface area (Å²) in [7, 11) is 0. The fourth-order valence-corrected chi connectivity index (χ4v) is 1.49. The molecule has 1 aromatic heterocycles. The molecule has 1 aromatic rings. The van der Waals surface area contributed by atoms with Crippen molar-refractivity contribution in [1.29, 1.82) is 0 Å². The van der Waals surface area contributed by atoms with Crippen molar-refractivity contribution in [3.05, 3.63) is 29.1 Å². The first-order chi connectivity index (χ1) is 7.60. The first-order valence-corrected chi connectivity index (χ1v) is 5.74. The van der Waals surface area contributed by atoms with Crippen molar-refractivity contribution in [2.45, 2.75) is 40.0 Å². The van der Waals surface area contributed by atoms with E-state index in [-0.39, 0.29) is 5.97 Å². The van der Waals surface area contributed by atoms with Crippen molar-refractivity contribution in [3.63, 3.8) is 0 Å². The second-order valence-electron chi connectivity index (χ2n) is 3.90. The van der Waals surface area contributed by atoms with Crippen LogP contribution in [0.1, 0.15) is 54.9 Å². The zero-order valence-electron chi connectivity index (χ0n) is 10.4. The Balaban J connectivity index is 2.95. The highest BCUT2D eigenvalue weighted by Crippen LogP contribution is 2.18. The Morgan fingerprint density at radius 3 is 2.62 bits per heavy atom. The Labute approximate surface area is 96.8 Å².